The highest BCUT2D eigenvalue weighted by atomic mass is 35.5. The molecule has 0 aliphatic carbocycles. The molecule has 0 fully saturated rings. The predicted molar refractivity (Wildman–Crippen MR) is 85.9 cm³/mol. The molecule has 1 atom stereocenters. The van der Waals surface area contributed by atoms with Gasteiger partial charge in [-0.1, -0.05) is 29.3 Å². The number of aliphatic hydroxyl groups excluding tert-OH is 1. The number of imidazole rings is 1. The molecule has 0 saturated carbocycles. The molecule has 1 unspecified atom stereocenters. The Bertz CT molecular complexity index is 754. The maximum Gasteiger partial charge on any atom is 0.347 e. The normalized spacial score (nSPS) is 13.2. The second-order valence-corrected chi connectivity index (χ2v) is 5.51. The number of hydrogen-bond acceptors (Lipinski definition) is 4. The van der Waals surface area contributed by atoms with Crippen LogP contribution in [0.25, 0.3) is 11.8 Å². The fraction of sp³-hybridized carbons (Fsp3) is 0.214. The minimum absolute atomic E-state index is 0.227. The van der Waals surface area contributed by atoms with Crippen LogP contribution >= 0.6 is 23.2 Å². The topological polar surface area (TPSA) is 81.2 Å². The van der Waals surface area contributed by atoms with E-state index in [9.17, 15) is 15.2 Å². The molecule has 2 aromatic rings. The molecule has 22 heavy (non-hydrogen) atoms. The highest BCUT2D eigenvalue weighted by Crippen LogP contribution is 2.28. The Labute approximate surface area is 136 Å². The Kier molecular flexibility index (Phi) is 4.85. The summed E-state index contributed by atoms with van der Waals surface area (Å²) in [5.41, 5.74) is 0.885. The Morgan fingerprint density at radius 1 is 1.50 bits per heavy atom. The molecule has 0 radical (unpaired) electrons. The Morgan fingerprint density at radius 3 is 2.73 bits per heavy atom. The van der Waals surface area contributed by atoms with Crippen molar-refractivity contribution in [3.63, 3.8) is 0 Å². The van der Waals surface area contributed by atoms with Crippen LogP contribution in [-0.2, 0) is 0 Å². The molecule has 0 aliphatic rings. The molecular weight excluding hydrogens is 329 g/mol. The van der Waals surface area contributed by atoms with Gasteiger partial charge in [-0.05, 0) is 35.6 Å². The SMILES string of the molecule is Cc1ncc([N+](=O)[O-])n1/C(=C/c1ccc(Cl)cc1Cl)C(C)O. The summed E-state index contributed by atoms with van der Waals surface area (Å²) < 4.78 is 1.29. The van der Waals surface area contributed by atoms with E-state index < -0.39 is 11.0 Å². The van der Waals surface area contributed by atoms with Crippen molar-refractivity contribution < 1.29 is 10.0 Å². The van der Waals surface area contributed by atoms with Crippen molar-refractivity contribution in [1.82, 2.24) is 9.55 Å². The van der Waals surface area contributed by atoms with Crippen molar-refractivity contribution in [2.24, 2.45) is 0 Å². The summed E-state index contributed by atoms with van der Waals surface area (Å²) in [6.45, 7) is 3.13. The van der Waals surface area contributed by atoms with Gasteiger partial charge in [0.25, 0.3) is 0 Å². The lowest BCUT2D eigenvalue weighted by Gasteiger charge is -2.11. The standard InChI is InChI=1S/C14H13Cl2N3O3/c1-8(20)13(5-10-3-4-11(15)6-12(10)16)18-9(2)17-7-14(18)19(21)22/h3-8,20H,1-2H3/b13-5+. The molecule has 1 N–H and O–H groups in total. The minimum atomic E-state index is -0.960. The van der Waals surface area contributed by atoms with Crippen molar-refractivity contribution in [1.29, 1.82) is 0 Å². The summed E-state index contributed by atoms with van der Waals surface area (Å²) in [5, 5.41) is 22.0. The second-order valence-electron chi connectivity index (χ2n) is 4.67. The smallest absolute Gasteiger partial charge is 0.347 e. The summed E-state index contributed by atoms with van der Waals surface area (Å²) in [7, 11) is 0. The molecule has 0 bridgehead atoms. The molecule has 0 saturated heterocycles. The molecular formula is C14H13Cl2N3O3. The van der Waals surface area contributed by atoms with Crippen LogP contribution in [0.1, 0.15) is 18.3 Å². The largest absolute Gasteiger partial charge is 0.385 e. The maximum atomic E-state index is 11.1. The zero-order valence-corrected chi connectivity index (χ0v) is 13.3. The van der Waals surface area contributed by atoms with Gasteiger partial charge >= 0.3 is 5.82 Å². The highest BCUT2D eigenvalue weighted by molar-refractivity contribution is 6.35. The van der Waals surface area contributed by atoms with E-state index in [2.05, 4.69) is 4.98 Å². The van der Waals surface area contributed by atoms with Gasteiger partial charge in [-0.3, -0.25) is 0 Å². The van der Waals surface area contributed by atoms with Crippen molar-refractivity contribution in [2.45, 2.75) is 20.0 Å². The third-order valence-electron chi connectivity index (χ3n) is 3.06. The predicted octanol–water partition coefficient (Wildman–Crippen LogP) is 3.79. The van der Waals surface area contributed by atoms with Gasteiger partial charge in [0.05, 0.1) is 0 Å². The third kappa shape index (κ3) is 3.30. The van der Waals surface area contributed by atoms with Crippen molar-refractivity contribution in [2.75, 3.05) is 0 Å². The van der Waals surface area contributed by atoms with Crippen molar-refractivity contribution in [3.05, 3.63) is 55.9 Å². The Morgan fingerprint density at radius 2 is 2.18 bits per heavy atom. The first-order valence-electron chi connectivity index (χ1n) is 6.35. The highest BCUT2D eigenvalue weighted by Gasteiger charge is 2.24. The van der Waals surface area contributed by atoms with Crippen LogP contribution in [0.15, 0.2) is 24.4 Å². The number of nitro groups is 1. The zero-order chi connectivity index (χ0) is 16.4. The van der Waals surface area contributed by atoms with Crippen LogP contribution in [0.4, 0.5) is 5.82 Å². The fourth-order valence-electron chi connectivity index (χ4n) is 2.03. The van der Waals surface area contributed by atoms with E-state index >= 15 is 0 Å². The first-order valence-corrected chi connectivity index (χ1v) is 7.10. The maximum absolute atomic E-state index is 11.1. The van der Waals surface area contributed by atoms with E-state index in [1.165, 1.54) is 11.5 Å². The monoisotopic (exact) mass is 341 g/mol. The van der Waals surface area contributed by atoms with Gasteiger partial charge in [-0.2, -0.15) is 4.57 Å². The quantitative estimate of drug-likeness (QED) is 0.677. The number of halogens is 2. The van der Waals surface area contributed by atoms with Gasteiger partial charge in [-0.15, -0.1) is 0 Å². The number of aryl methyl sites for hydroxylation is 1. The average molecular weight is 342 g/mol. The number of hydrogen-bond donors (Lipinski definition) is 1. The average Bonchev–Trinajstić information content (AvgIpc) is 2.79. The molecule has 1 aromatic carbocycles. The molecule has 1 heterocycles. The summed E-state index contributed by atoms with van der Waals surface area (Å²) >= 11 is 12.0. The number of aliphatic hydroxyl groups is 1. The van der Waals surface area contributed by atoms with E-state index in [1.807, 2.05) is 0 Å². The fourth-order valence-corrected chi connectivity index (χ4v) is 2.49. The van der Waals surface area contributed by atoms with Crippen LogP contribution in [0.3, 0.4) is 0 Å². The number of aromatic nitrogens is 2. The van der Waals surface area contributed by atoms with Crippen molar-refractivity contribution >= 4 is 40.8 Å². The van der Waals surface area contributed by atoms with Gasteiger partial charge in [0, 0.05) is 17.0 Å². The van der Waals surface area contributed by atoms with E-state index in [4.69, 9.17) is 23.2 Å². The Balaban J connectivity index is 2.63. The molecule has 116 valence electrons. The van der Waals surface area contributed by atoms with Gasteiger partial charge in [0.2, 0.25) is 0 Å². The lowest BCUT2D eigenvalue weighted by atomic mass is 10.1. The lowest BCUT2D eigenvalue weighted by molar-refractivity contribution is -0.391. The molecule has 2 rings (SSSR count). The molecule has 1 aromatic heterocycles. The van der Waals surface area contributed by atoms with Crippen LogP contribution in [0.5, 0.6) is 0 Å². The molecule has 6 nitrogen and oxygen atoms in total. The number of rotatable bonds is 4. The summed E-state index contributed by atoms with van der Waals surface area (Å²) in [6.07, 6.45) is 1.76. The first kappa shape index (κ1) is 16.5. The van der Waals surface area contributed by atoms with Crippen LogP contribution < -0.4 is 0 Å². The summed E-state index contributed by atoms with van der Waals surface area (Å²) in [5.74, 6) is 0.165. The second kappa shape index (κ2) is 6.48. The van der Waals surface area contributed by atoms with E-state index in [-0.39, 0.29) is 5.82 Å². The van der Waals surface area contributed by atoms with E-state index in [0.717, 1.165) is 6.20 Å². The molecule has 0 amide bonds. The molecule has 8 heteroatoms. The lowest BCUT2D eigenvalue weighted by Crippen LogP contribution is -2.14. The number of nitrogens with zero attached hydrogens (tertiary/aromatic N) is 3. The third-order valence-corrected chi connectivity index (χ3v) is 3.62. The number of benzene rings is 1. The summed E-state index contributed by atoms with van der Waals surface area (Å²) in [6, 6.07) is 4.88. The zero-order valence-electron chi connectivity index (χ0n) is 11.8. The van der Waals surface area contributed by atoms with E-state index in [0.29, 0.717) is 27.1 Å². The van der Waals surface area contributed by atoms with Crippen molar-refractivity contribution in [3.8, 4) is 0 Å². The van der Waals surface area contributed by atoms with Gasteiger partial charge in [-0.25, -0.2) is 4.98 Å². The summed E-state index contributed by atoms with van der Waals surface area (Å²) in [4.78, 5) is 14.5. The van der Waals surface area contributed by atoms with Crippen LogP contribution in [-0.4, -0.2) is 25.7 Å². The minimum Gasteiger partial charge on any atom is -0.385 e. The van der Waals surface area contributed by atoms with E-state index in [1.54, 1.807) is 31.2 Å². The Hall–Kier alpha value is -1.89. The van der Waals surface area contributed by atoms with Gasteiger partial charge < -0.3 is 15.2 Å². The molecule has 0 aliphatic heterocycles. The van der Waals surface area contributed by atoms with Crippen LogP contribution in [0.2, 0.25) is 10.0 Å². The van der Waals surface area contributed by atoms with Gasteiger partial charge in [0.15, 0.2) is 5.82 Å². The first-order chi connectivity index (χ1) is 10.3. The molecule has 0 spiro atoms. The van der Waals surface area contributed by atoms with Gasteiger partial charge in [0.1, 0.15) is 18.0 Å². The van der Waals surface area contributed by atoms with Crippen LogP contribution in [0, 0.1) is 17.0 Å².